The molecular weight excluding hydrogens is 150 g/mol. The van der Waals surface area contributed by atoms with Crippen LogP contribution in [0, 0.1) is 0 Å². The van der Waals surface area contributed by atoms with Gasteiger partial charge in [-0.1, -0.05) is 0 Å². The van der Waals surface area contributed by atoms with Gasteiger partial charge in [0.05, 0.1) is 6.34 Å². The summed E-state index contributed by atoms with van der Waals surface area (Å²) in [4.78, 5) is 6.51. The third-order valence-corrected chi connectivity index (χ3v) is 1.84. The number of rotatable bonds is 0. The van der Waals surface area contributed by atoms with E-state index in [4.69, 9.17) is 0 Å². The maximum Gasteiger partial charge on any atom is 0.0863 e. The molecule has 0 radical (unpaired) electrons. The zero-order valence-electron chi connectivity index (χ0n) is 7.88. The average Bonchev–Trinajstić information content (AvgIpc) is 2.02. The Labute approximate surface area is 74.2 Å². The first-order valence-electron chi connectivity index (χ1n) is 4.37. The second kappa shape index (κ2) is 4.93. The van der Waals surface area contributed by atoms with Crippen LogP contribution in [-0.2, 0) is 0 Å². The summed E-state index contributed by atoms with van der Waals surface area (Å²) >= 11 is 0. The first kappa shape index (κ1) is 9.26. The van der Waals surface area contributed by atoms with Crippen molar-refractivity contribution in [3.63, 3.8) is 0 Å². The van der Waals surface area contributed by atoms with Gasteiger partial charge in [0, 0.05) is 19.3 Å². The highest BCUT2D eigenvalue weighted by Crippen LogP contribution is 1.96. The van der Waals surface area contributed by atoms with Crippen molar-refractivity contribution in [2.24, 2.45) is 4.99 Å². The number of likely N-dealkylation sites (N-methyl/N-ethyl adjacent to an activating group) is 1. The van der Waals surface area contributed by atoms with Crippen molar-refractivity contribution in [3.8, 4) is 0 Å². The molecule has 0 amide bonds. The fourth-order valence-corrected chi connectivity index (χ4v) is 1.28. The van der Waals surface area contributed by atoms with E-state index in [1.165, 1.54) is 5.57 Å². The first-order chi connectivity index (χ1) is 5.79. The second-order valence-electron chi connectivity index (χ2n) is 3.28. The SMILES string of the molecule is C/C1=C\NC=NCCCN(C)C1. The van der Waals surface area contributed by atoms with Crippen molar-refractivity contribution in [1.29, 1.82) is 0 Å². The number of hydrogen-bond donors (Lipinski definition) is 1. The maximum atomic E-state index is 4.19. The molecule has 3 heteroatoms. The van der Waals surface area contributed by atoms with Gasteiger partial charge in [-0.3, -0.25) is 4.99 Å². The average molecular weight is 167 g/mol. The highest BCUT2D eigenvalue weighted by molar-refractivity contribution is 5.55. The summed E-state index contributed by atoms with van der Waals surface area (Å²) in [6.07, 6.45) is 4.92. The highest BCUT2D eigenvalue weighted by atomic mass is 15.1. The summed E-state index contributed by atoms with van der Waals surface area (Å²) in [5, 5.41) is 3.04. The van der Waals surface area contributed by atoms with E-state index >= 15 is 0 Å². The molecule has 1 N–H and O–H groups in total. The van der Waals surface area contributed by atoms with Gasteiger partial charge < -0.3 is 10.2 Å². The van der Waals surface area contributed by atoms with Crippen LogP contribution in [0.3, 0.4) is 0 Å². The van der Waals surface area contributed by atoms with Crippen LogP contribution in [0.2, 0.25) is 0 Å². The molecule has 1 aliphatic rings. The molecule has 0 fully saturated rings. The Kier molecular flexibility index (Phi) is 3.80. The number of nitrogens with zero attached hydrogens (tertiary/aromatic N) is 2. The molecule has 0 bridgehead atoms. The molecule has 0 saturated heterocycles. The topological polar surface area (TPSA) is 27.6 Å². The minimum Gasteiger partial charge on any atom is -0.353 e. The zero-order chi connectivity index (χ0) is 8.81. The van der Waals surface area contributed by atoms with Gasteiger partial charge in [-0.05, 0) is 32.5 Å². The van der Waals surface area contributed by atoms with Crippen molar-refractivity contribution in [2.45, 2.75) is 13.3 Å². The van der Waals surface area contributed by atoms with Crippen molar-refractivity contribution in [3.05, 3.63) is 11.8 Å². The monoisotopic (exact) mass is 167 g/mol. The minimum absolute atomic E-state index is 0.921. The van der Waals surface area contributed by atoms with E-state index in [0.29, 0.717) is 0 Å². The van der Waals surface area contributed by atoms with E-state index in [9.17, 15) is 0 Å². The molecule has 0 aromatic rings. The third kappa shape index (κ3) is 3.53. The van der Waals surface area contributed by atoms with E-state index < -0.39 is 0 Å². The molecule has 1 aliphatic heterocycles. The summed E-state index contributed by atoms with van der Waals surface area (Å²) in [5.74, 6) is 0. The van der Waals surface area contributed by atoms with E-state index in [0.717, 1.165) is 26.1 Å². The molecule has 0 aromatic carbocycles. The molecule has 0 atom stereocenters. The Morgan fingerprint density at radius 1 is 1.58 bits per heavy atom. The van der Waals surface area contributed by atoms with E-state index in [-0.39, 0.29) is 0 Å². The van der Waals surface area contributed by atoms with Gasteiger partial charge in [-0.15, -0.1) is 0 Å². The third-order valence-electron chi connectivity index (χ3n) is 1.84. The molecule has 0 saturated carbocycles. The van der Waals surface area contributed by atoms with Gasteiger partial charge >= 0.3 is 0 Å². The molecular formula is C9H17N3. The van der Waals surface area contributed by atoms with Gasteiger partial charge in [0.15, 0.2) is 0 Å². The van der Waals surface area contributed by atoms with Crippen LogP contribution >= 0.6 is 0 Å². The van der Waals surface area contributed by atoms with Gasteiger partial charge in [-0.25, -0.2) is 0 Å². The predicted molar refractivity (Wildman–Crippen MR) is 52.4 cm³/mol. The van der Waals surface area contributed by atoms with E-state index in [1.807, 2.05) is 6.20 Å². The van der Waals surface area contributed by atoms with Crippen LogP contribution in [0.5, 0.6) is 0 Å². The number of aliphatic imine (C=N–C) groups is 1. The molecule has 1 heterocycles. The van der Waals surface area contributed by atoms with Crippen LogP contribution in [0.4, 0.5) is 0 Å². The molecule has 1 rings (SSSR count). The summed E-state index contributed by atoms with van der Waals surface area (Å²) in [5.41, 5.74) is 1.34. The zero-order valence-corrected chi connectivity index (χ0v) is 7.88. The Hall–Kier alpha value is -0.830. The number of hydrogen-bond acceptors (Lipinski definition) is 3. The smallest absolute Gasteiger partial charge is 0.0863 e. The fraction of sp³-hybridized carbons (Fsp3) is 0.667. The fourth-order valence-electron chi connectivity index (χ4n) is 1.28. The standard InChI is InChI=1S/C9H17N3/c1-9-6-11-8-10-4-3-5-12(2)7-9/h6,8H,3-5,7H2,1-2H3,(H,10,11)/b9-6+. The van der Waals surface area contributed by atoms with E-state index in [2.05, 4.69) is 29.2 Å². The van der Waals surface area contributed by atoms with Gasteiger partial charge in [0.1, 0.15) is 0 Å². The lowest BCUT2D eigenvalue weighted by Gasteiger charge is -2.16. The molecule has 3 nitrogen and oxygen atoms in total. The van der Waals surface area contributed by atoms with Gasteiger partial charge in [0.2, 0.25) is 0 Å². The molecule has 0 unspecified atom stereocenters. The minimum atomic E-state index is 0.921. The first-order valence-corrected chi connectivity index (χ1v) is 4.37. The Balaban J connectivity index is 2.48. The van der Waals surface area contributed by atoms with Crippen molar-refractivity contribution < 1.29 is 0 Å². The van der Waals surface area contributed by atoms with Crippen LogP contribution in [0.15, 0.2) is 16.8 Å². The summed E-state index contributed by atoms with van der Waals surface area (Å²) < 4.78 is 0. The highest BCUT2D eigenvalue weighted by Gasteiger charge is 1.99. The number of nitrogens with one attached hydrogen (secondary N) is 1. The largest absolute Gasteiger partial charge is 0.353 e. The van der Waals surface area contributed by atoms with Crippen LogP contribution in [0.1, 0.15) is 13.3 Å². The Morgan fingerprint density at radius 2 is 2.42 bits per heavy atom. The van der Waals surface area contributed by atoms with E-state index in [1.54, 1.807) is 6.34 Å². The maximum absolute atomic E-state index is 4.19. The summed E-state index contributed by atoms with van der Waals surface area (Å²) in [6, 6.07) is 0. The molecule has 12 heavy (non-hydrogen) atoms. The second-order valence-corrected chi connectivity index (χ2v) is 3.28. The lowest BCUT2D eigenvalue weighted by molar-refractivity contribution is 0.358. The molecule has 68 valence electrons. The quantitative estimate of drug-likeness (QED) is 0.579. The van der Waals surface area contributed by atoms with Crippen molar-refractivity contribution >= 4 is 6.34 Å². The van der Waals surface area contributed by atoms with Crippen LogP contribution in [0.25, 0.3) is 0 Å². The van der Waals surface area contributed by atoms with Crippen molar-refractivity contribution in [2.75, 3.05) is 26.7 Å². The van der Waals surface area contributed by atoms with Gasteiger partial charge in [0.25, 0.3) is 0 Å². The van der Waals surface area contributed by atoms with Gasteiger partial charge in [-0.2, -0.15) is 0 Å². The molecule has 0 spiro atoms. The predicted octanol–water partition coefficient (Wildman–Crippen LogP) is 0.844. The van der Waals surface area contributed by atoms with Crippen molar-refractivity contribution in [1.82, 2.24) is 10.2 Å². The Bertz CT molecular complexity index is 184. The summed E-state index contributed by atoms with van der Waals surface area (Å²) in [7, 11) is 2.14. The Morgan fingerprint density at radius 3 is 3.25 bits per heavy atom. The molecule has 0 aromatic heterocycles. The normalized spacial score (nSPS) is 25.7. The van der Waals surface area contributed by atoms with Crippen LogP contribution in [-0.4, -0.2) is 37.9 Å². The molecule has 0 aliphatic carbocycles. The summed E-state index contributed by atoms with van der Waals surface area (Å²) in [6.45, 7) is 5.21. The lowest BCUT2D eigenvalue weighted by Crippen LogP contribution is -2.23. The lowest BCUT2D eigenvalue weighted by atomic mass is 10.3. The van der Waals surface area contributed by atoms with Crippen LogP contribution < -0.4 is 5.32 Å².